The highest BCUT2D eigenvalue weighted by molar-refractivity contribution is 5.92. The molecule has 1 fully saturated rings. The van der Waals surface area contributed by atoms with Crippen LogP contribution in [0.15, 0.2) is 18.3 Å². The van der Waals surface area contributed by atoms with Gasteiger partial charge in [0.2, 0.25) is 0 Å². The fourth-order valence-electron chi connectivity index (χ4n) is 2.64. The Morgan fingerprint density at radius 2 is 2.00 bits per heavy atom. The second-order valence-electron chi connectivity index (χ2n) is 5.95. The van der Waals surface area contributed by atoms with Crippen molar-refractivity contribution in [2.45, 2.75) is 20.8 Å². The van der Waals surface area contributed by atoms with Crippen molar-refractivity contribution in [2.24, 2.45) is 5.92 Å². The van der Waals surface area contributed by atoms with Crippen molar-refractivity contribution in [3.05, 3.63) is 24.0 Å². The molecule has 1 aliphatic rings. The van der Waals surface area contributed by atoms with Crippen molar-refractivity contribution < 1.29 is 4.79 Å². The van der Waals surface area contributed by atoms with Gasteiger partial charge in [0.25, 0.3) is 5.91 Å². The monoisotopic (exact) mass is 290 g/mol. The van der Waals surface area contributed by atoms with Gasteiger partial charge in [0.15, 0.2) is 0 Å². The Morgan fingerprint density at radius 1 is 1.29 bits per heavy atom. The van der Waals surface area contributed by atoms with Crippen LogP contribution in [-0.4, -0.2) is 60.0 Å². The van der Waals surface area contributed by atoms with Gasteiger partial charge in [-0.05, 0) is 25.0 Å². The van der Waals surface area contributed by atoms with Crippen LogP contribution < -0.4 is 5.32 Å². The molecule has 2 rings (SSSR count). The number of carbonyl (C=O) groups is 1. The van der Waals surface area contributed by atoms with E-state index >= 15 is 0 Å². The summed E-state index contributed by atoms with van der Waals surface area (Å²) in [5.74, 6) is 0.717. The maximum absolute atomic E-state index is 12.4. The van der Waals surface area contributed by atoms with E-state index in [1.54, 1.807) is 12.3 Å². The summed E-state index contributed by atoms with van der Waals surface area (Å²) >= 11 is 0. The number of hydrogen-bond donors (Lipinski definition) is 1. The zero-order chi connectivity index (χ0) is 15.2. The van der Waals surface area contributed by atoms with E-state index in [1.807, 2.05) is 17.9 Å². The molecule has 0 aromatic carbocycles. The van der Waals surface area contributed by atoms with Crippen LogP contribution in [0.2, 0.25) is 0 Å². The molecule has 1 aromatic rings. The lowest BCUT2D eigenvalue weighted by atomic mass is 10.2. The van der Waals surface area contributed by atoms with E-state index in [-0.39, 0.29) is 5.91 Å². The van der Waals surface area contributed by atoms with E-state index in [1.165, 1.54) is 0 Å². The minimum Gasteiger partial charge on any atom is -0.384 e. The summed E-state index contributed by atoms with van der Waals surface area (Å²) in [6.45, 7) is 12.0. The smallest absolute Gasteiger partial charge is 0.272 e. The third-order valence-corrected chi connectivity index (χ3v) is 3.65. The average Bonchev–Trinajstić information content (AvgIpc) is 2.48. The molecule has 1 aliphatic heterocycles. The van der Waals surface area contributed by atoms with Crippen molar-refractivity contribution in [2.75, 3.05) is 44.6 Å². The van der Waals surface area contributed by atoms with Gasteiger partial charge in [0, 0.05) is 39.3 Å². The molecule has 21 heavy (non-hydrogen) atoms. The van der Waals surface area contributed by atoms with Crippen LogP contribution in [0.3, 0.4) is 0 Å². The molecule has 1 aromatic heterocycles. The van der Waals surface area contributed by atoms with Crippen LogP contribution >= 0.6 is 0 Å². The summed E-state index contributed by atoms with van der Waals surface area (Å²) in [5.41, 5.74) is 1.49. The number of rotatable bonds is 5. The SMILES string of the molecule is CCNc1ccc(C(=O)N2CCN(CC(C)C)CC2)nc1. The van der Waals surface area contributed by atoms with Crippen LogP contribution in [0.4, 0.5) is 5.69 Å². The number of hydrogen-bond acceptors (Lipinski definition) is 4. The Hall–Kier alpha value is -1.62. The molecule has 0 radical (unpaired) electrons. The van der Waals surface area contributed by atoms with Gasteiger partial charge in [-0.25, -0.2) is 4.98 Å². The van der Waals surface area contributed by atoms with E-state index < -0.39 is 0 Å². The fourth-order valence-corrected chi connectivity index (χ4v) is 2.64. The molecule has 0 bridgehead atoms. The van der Waals surface area contributed by atoms with E-state index in [0.29, 0.717) is 11.6 Å². The highest BCUT2D eigenvalue weighted by Crippen LogP contribution is 2.11. The minimum absolute atomic E-state index is 0.0437. The highest BCUT2D eigenvalue weighted by atomic mass is 16.2. The lowest BCUT2D eigenvalue weighted by Crippen LogP contribution is -2.49. The zero-order valence-electron chi connectivity index (χ0n) is 13.3. The molecule has 5 heteroatoms. The minimum atomic E-state index is 0.0437. The van der Waals surface area contributed by atoms with Gasteiger partial charge >= 0.3 is 0 Å². The predicted molar refractivity (Wildman–Crippen MR) is 85.6 cm³/mol. The molecular weight excluding hydrogens is 264 g/mol. The lowest BCUT2D eigenvalue weighted by molar-refractivity contribution is 0.0618. The number of anilines is 1. The van der Waals surface area contributed by atoms with Crippen LogP contribution in [-0.2, 0) is 0 Å². The quantitative estimate of drug-likeness (QED) is 0.900. The number of carbonyl (C=O) groups excluding carboxylic acids is 1. The molecular formula is C16H26N4O. The van der Waals surface area contributed by atoms with Gasteiger partial charge in [0.1, 0.15) is 5.69 Å². The van der Waals surface area contributed by atoms with Crippen molar-refractivity contribution in [1.29, 1.82) is 0 Å². The van der Waals surface area contributed by atoms with Gasteiger partial charge in [-0.1, -0.05) is 13.8 Å². The number of aromatic nitrogens is 1. The van der Waals surface area contributed by atoms with E-state index in [0.717, 1.165) is 45.0 Å². The second kappa shape index (κ2) is 7.41. The van der Waals surface area contributed by atoms with E-state index in [4.69, 9.17) is 0 Å². The maximum Gasteiger partial charge on any atom is 0.272 e. The van der Waals surface area contributed by atoms with Crippen LogP contribution in [0.5, 0.6) is 0 Å². The molecule has 0 spiro atoms. The molecule has 0 aliphatic carbocycles. The first kappa shape index (κ1) is 15.8. The van der Waals surface area contributed by atoms with Gasteiger partial charge in [0.05, 0.1) is 11.9 Å². The van der Waals surface area contributed by atoms with Crippen LogP contribution in [0, 0.1) is 5.92 Å². The summed E-state index contributed by atoms with van der Waals surface area (Å²) in [4.78, 5) is 21.0. The number of amides is 1. The first-order chi connectivity index (χ1) is 10.1. The Bertz CT molecular complexity index is 450. The molecule has 2 heterocycles. The number of pyridine rings is 1. The van der Waals surface area contributed by atoms with Gasteiger partial charge < -0.3 is 10.2 Å². The Balaban J connectivity index is 1.89. The second-order valence-corrected chi connectivity index (χ2v) is 5.95. The summed E-state index contributed by atoms with van der Waals surface area (Å²) < 4.78 is 0. The fraction of sp³-hybridized carbons (Fsp3) is 0.625. The molecule has 5 nitrogen and oxygen atoms in total. The van der Waals surface area contributed by atoms with Crippen molar-refractivity contribution in [1.82, 2.24) is 14.8 Å². The van der Waals surface area contributed by atoms with E-state index in [9.17, 15) is 4.79 Å². The number of piperazine rings is 1. The summed E-state index contributed by atoms with van der Waals surface area (Å²) in [7, 11) is 0. The number of nitrogens with one attached hydrogen (secondary N) is 1. The molecule has 1 N–H and O–H groups in total. The average molecular weight is 290 g/mol. The maximum atomic E-state index is 12.4. The lowest BCUT2D eigenvalue weighted by Gasteiger charge is -2.35. The Labute approximate surface area is 127 Å². The van der Waals surface area contributed by atoms with Crippen molar-refractivity contribution in [3.8, 4) is 0 Å². The standard InChI is InChI=1S/C16H26N4O/c1-4-17-14-5-6-15(18-11-14)16(21)20-9-7-19(8-10-20)12-13(2)3/h5-6,11,13,17H,4,7-10,12H2,1-3H3. The molecule has 0 atom stereocenters. The molecule has 0 saturated carbocycles. The van der Waals surface area contributed by atoms with Crippen LogP contribution in [0.25, 0.3) is 0 Å². The summed E-state index contributed by atoms with van der Waals surface area (Å²) in [6.07, 6.45) is 1.73. The first-order valence-electron chi connectivity index (χ1n) is 7.81. The molecule has 116 valence electrons. The zero-order valence-corrected chi connectivity index (χ0v) is 13.3. The largest absolute Gasteiger partial charge is 0.384 e. The third-order valence-electron chi connectivity index (χ3n) is 3.65. The Morgan fingerprint density at radius 3 is 2.52 bits per heavy atom. The molecule has 0 unspecified atom stereocenters. The Kier molecular flexibility index (Phi) is 5.56. The van der Waals surface area contributed by atoms with Gasteiger partial charge in [-0.2, -0.15) is 0 Å². The van der Waals surface area contributed by atoms with Crippen LogP contribution in [0.1, 0.15) is 31.3 Å². The van der Waals surface area contributed by atoms with Gasteiger partial charge in [-0.15, -0.1) is 0 Å². The topological polar surface area (TPSA) is 48.5 Å². The molecule has 1 saturated heterocycles. The van der Waals surface area contributed by atoms with E-state index in [2.05, 4.69) is 29.0 Å². The highest BCUT2D eigenvalue weighted by Gasteiger charge is 2.23. The first-order valence-corrected chi connectivity index (χ1v) is 7.81. The van der Waals surface area contributed by atoms with Crippen molar-refractivity contribution in [3.63, 3.8) is 0 Å². The number of nitrogens with zero attached hydrogens (tertiary/aromatic N) is 3. The summed E-state index contributed by atoms with van der Waals surface area (Å²) in [6, 6.07) is 3.72. The predicted octanol–water partition coefficient (Wildman–Crippen LogP) is 1.93. The van der Waals surface area contributed by atoms with Gasteiger partial charge in [-0.3, -0.25) is 9.69 Å². The molecule has 1 amide bonds. The summed E-state index contributed by atoms with van der Waals surface area (Å²) in [5, 5.41) is 3.18. The normalized spacial score (nSPS) is 16.3. The third kappa shape index (κ3) is 4.43. The van der Waals surface area contributed by atoms with Crippen molar-refractivity contribution >= 4 is 11.6 Å².